The van der Waals surface area contributed by atoms with Crippen LogP contribution in [0.3, 0.4) is 0 Å². The summed E-state index contributed by atoms with van der Waals surface area (Å²) in [6, 6.07) is 4.36. The van der Waals surface area contributed by atoms with Gasteiger partial charge in [-0.2, -0.15) is 0 Å². The molecule has 1 aromatic rings. The van der Waals surface area contributed by atoms with Crippen molar-refractivity contribution in [2.45, 2.75) is 25.2 Å². The van der Waals surface area contributed by atoms with Gasteiger partial charge in [0.15, 0.2) is 0 Å². The lowest BCUT2D eigenvalue weighted by Gasteiger charge is -2.23. The number of rotatable bonds is 5. The largest absolute Gasteiger partial charge is 0.377 e. The Morgan fingerprint density at radius 3 is 2.47 bits per heavy atom. The van der Waals surface area contributed by atoms with E-state index >= 15 is 0 Å². The number of hydrogen-bond acceptors (Lipinski definition) is 5. The predicted octanol–water partition coefficient (Wildman–Crippen LogP) is 1.21. The van der Waals surface area contributed by atoms with Gasteiger partial charge in [-0.25, -0.2) is 4.98 Å². The van der Waals surface area contributed by atoms with Gasteiger partial charge < -0.3 is 19.7 Å². The molecule has 1 aliphatic rings. The highest BCUT2D eigenvalue weighted by Crippen LogP contribution is 2.28. The van der Waals surface area contributed by atoms with Crippen LogP contribution in [0.25, 0.3) is 0 Å². The van der Waals surface area contributed by atoms with Crippen molar-refractivity contribution in [2.75, 3.05) is 39.3 Å². The maximum absolute atomic E-state index is 5.48. The monoisotopic (exact) mass is 265 g/mol. The summed E-state index contributed by atoms with van der Waals surface area (Å²) in [6.07, 6.45) is 2.04. The highest BCUT2D eigenvalue weighted by atomic mass is 16.5. The quantitative estimate of drug-likeness (QED) is 0.867. The zero-order valence-corrected chi connectivity index (χ0v) is 12.1. The molecule has 2 heterocycles. The van der Waals surface area contributed by atoms with Crippen LogP contribution >= 0.6 is 0 Å². The minimum atomic E-state index is 0.102. The Hall–Kier alpha value is -1.17. The van der Waals surface area contributed by atoms with Crippen LogP contribution in [0.2, 0.25) is 0 Å². The standard InChI is InChI=1S/C14H23N3O2/c1-10(15-2)11-6-5-7-16-14(11)17-8-12(18-3)13(9-17)19-4/h5-7,10,12-13,15H,8-9H2,1-4H3. The van der Waals surface area contributed by atoms with Crippen LogP contribution in [-0.2, 0) is 9.47 Å². The number of pyridine rings is 1. The first-order valence-electron chi connectivity index (χ1n) is 6.64. The first-order chi connectivity index (χ1) is 9.21. The molecule has 106 valence electrons. The Bertz CT molecular complexity index is 401. The minimum Gasteiger partial charge on any atom is -0.377 e. The number of aromatic nitrogens is 1. The van der Waals surface area contributed by atoms with Gasteiger partial charge in [0, 0.05) is 45.1 Å². The van der Waals surface area contributed by atoms with Gasteiger partial charge in [0.2, 0.25) is 0 Å². The van der Waals surface area contributed by atoms with Gasteiger partial charge in [-0.15, -0.1) is 0 Å². The van der Waals surface area contributed by atoms with E-state index in [2.05, 4.69) is 28.2 Å². The van der Waals surface area contributed by atoms with Crippen LogP contribution in [0.5, 0.6) is 0 Å². The van der Waals surface area contributed by atoms with Gasteiger partial charge in [0.1, 0.15) is 18.0 Å². The van der Waals surface area contributed by atoms with E-state index in [1.807, 2.05) is 19.3 Å². The summed E-state index contributed by atoms with van der Waals surface area (Å²) in [5.74, 6) is 1.02. The van der Waals surface area contributed by atoms with Crippen molar-refractivity contribution in [2.24, 2.45) is 0 Å². The Morgan fingerprint density at radius 1 is 1.32 bits per heavy atom. The van der Waals surface area contributed by atoms with Crippen LogP contribution in [0.4, 0.5) is 5.82 Å². The smallest absolute Gasteiger partial charge is 0.133 e. The molecule has 1 N–H and O–H groups in total. The van der Waals surface area contributed by atoms with Gasteiger partial charge in [-0.1, -0.05) is 6.07 Å². The molecule has 3 unspecified atom stereocenters. The third kappa shape index (κ3) is 2.88. The number of nitrogens with one attached hydrogen (secondary N) is 1. The Balaban J connectivity index is 2.23. The van der Waals surface area contributed by atoms with E-state index in [1.54, 1.807) is 14.2 Å². The zero-order valence-electron chi connectivity index (χ0n) is 12.1. The lowest BCUT2D eigenvalue weighted by molar-refractivity contribution is -0.00461. The fourth-order valence-electron chi connectivity index (χ4n) is 2.54. The van der Waals surface area contributed by atoms with Gasteiger partial charge in [0.05, 0.1) is 0 Å². The van der Waals surface area contributed by atoms with E-state index in [0.29, 0.717) is 0 Å². The highest BCUT2D eigenvalue weighted by Gasteiger charge is 2.34. The van der Waals surface area contributed by atoms with Crippen LogP contribution in [-0.4, -0.2) is 51.5 Å². The van der Waals surface area contributed by atoms with E-state index < -0.39 is 0 Å². The second-order valence-corrected chi connectivity index (χ2v) is 4.88. The summed E-state index contributed by atoms with van der Waals surface area (Å²) >= 11 is 0. The van der Waals surface area contributed by atoms with E-state index in [9.17, 15) is 0 Å². The van der Waals surface area contributed by atoms with E-state index in [1.165, 1.54) is 5.56 Å². The van der Waals surface area contributed by atoms with Crippen molar-refractivity contribution >= 4 is 5.82 Å². The summed E-state index contributed by atoms with van der Waals surface area (Å²) in [5.41, 5.74) is 1.21. The van der Waals surface area contributed by atoms with Crippen LogP contribution in [0.15, 0.2) is 18.3 Å². The predicted molar refractivity (Wildman–Crippen MR) is 75.5 cm³/mol. The number of hydrogen-bond donors (Lipinski definition) is 1. The second kappa shape index (κ2) is 6.32. The molecule has 0 saturated carbocycles. The molecule has 0 aromatic carbocycles. The molecule has 0 spiro atoms. The summed E-state index contributed by atoms with van der Waals surface area (Å²) in [5, 5.41) is 3.27. The molecule has 5 heteroatoms. The fraction of sp³-hybridized carbons (Fsp3) is 0.643. The van der Waals surface area contributed by atoms with Crippen molar-refractivity contribution < 1.29 is 9.47 Å². The molecule has 0 amide bonds. The van der Waals surface area contributed by atoms with Gasteiger partial charge in [-0.05, 0) is 20.0 Å². The van der Waals surface area contributed by atoms with Crippen LogP contribution in [0, 0.1) is 0 Å². The molecule has 2 rings (SSSR count). The zero-order chi connectivity index (χ0) is 13.8. The molecule has 1 saturated heterocycles. The van der Waals surface area contributed by atoms with E-state index in [0.717, 1.165) is 18.9 Å². The molecule has 0 radical (unpaired) electrons. The second-order valence-electron chi connectivity index (χ2n) is 4.88. The summed E-state index contributed by atoms with van der Waals surface area (Å²) in [6.45, 7) is 3.77. The maximum Gasteiger partial charge on any atom is 0.133 e. The molecule has 19 heavy (non-hydrogen) atoms. The molecular weight excluding hydrogens is 242 g/mol. The molecule has 1 fully saturated rings. The van der Waals surface area contributed by atoms with Gasteiger partial charge in [0.25, 0.3) is 0 Å². The lowest BCUT2D eigenvalue weighted by atomic mass is 10.1. The van der Waals surface area contributed by atoms with Crippen molar-refractivity contribution in [3.05, 3.63) is 23.9 Å². The molecule has 1 aromatic heterocycles. The average molecular weight is 265 g/mol. The Kier molecular flexibility index (Phi) is 4.74. The SMILES string of the molecule is CNC(C)c1cccnc1N1CC(OC)C(OC)C1. The minimum absolute atomic E-state index is 0.102. The average Bonchev–Trinajstić information content (AvgIpc) is 2.89. The Morgan fingerprint density at radius 2 is 1.95 bits per heavy atom. The van der Waals surface area contributed by atoms with Crippen molar-refractivity contribution in [3.63, 3.8) is 0 Å². The first-order valence-corrected chi connectivity index (χ1v) is 6.64. The van der Waals surface area contributed by atoms with Crippen molar-refractivity contribution in [1.82, 2.24) is 10.3 Å². The molecule has 1 aliphatic heterocycles. The van der Waals surface area contributed by atoms with E-state index in [-0.39, 0.29) is 18.2 Å². The third-order valence-corrected chi connectivity index (χ3v) is 3.84. The molecule has 3 atom stereocenters. The molecule has 5 nitrogen and oxygen atoms in total. The van der Waals surface area contributed by atoms with Crippen LogP contribution < -0.4 is 10.2 Å². The van der Waals surface area contributed by atoms with Gasteiger partial charge >= 0.3 is 0 Å². The first kappa shape index (κ1) is 14.2. The van der Waals surface area contributed by atoms with E-state index in [4.69, 9.17) is 9.47 Å². The number of anilines is 1. The Labute approximate surface area is 114 Å². The topological polar surface area (TPSA) is 46.6 Å². The normalized spacial score (nSPS) is 24.7. The molecular formula is C14H23N3O2. The molecule has 0 bridgehead atoms. The number of ether oxygens (including phenoxy) is 2. The van der Waals surface area contributed by atoms with Gasteiger partial charge in [-0.3, -0.25) is 0 Å². The highest BCUT2D eigenvalue weighted by molar-refractivity contribution is 5.49. The maximum atomic E-state index is 5.48. The summed E-state index contributed by atoms with van der Waals surface area (Å²) in [7, 11) is 5.42. The van der Waals surface area contributed by atoms with Crippen molar-refractivity contribution in [1.29, 1.82) is 0 Å². The van der Waals surface area contributed by atoms with Crippen molar-refractivity contribution in [3.8, 4) is 0 Å². The summed E-state index contributed by atoms with van der Waals surface area (Å²) < 4.78 is 11.0. The third-order valence-electron chi connectivity index (χ3n) is 3.84. The fourth-order valence-corrected chi connectivity index (χ4v) is 2.54. The molecule has 0 aliphatic carbocycles. The summed E-state index contributed by atoms with van der Waals surface area (Å²) in [4.78, 5) is 6.78. The number of nitrogens with zero attached hydrogens (tertiary/aromatic N) is 2. The lowest BCUT2D eigenvalue weighted by Crippen LogP contribution is -2.27. The van der Waals surface area contributed by atoms with Crippen LogP contribution in [0.1, 0.15) is 18.5 Å². The number of methoxy groups -OCH3 is 2.